The lowest BCUT2D eigenvalue weighted by molar-refractivity contribution is 0.0816. The van der Waals surface area contributed by atoms with Gasteiger partial charge in [0.15, 0.2) is 5.69 Å². The first-order valence-electron chi connectivity index (χ1n) is 3.94. The molecule has 0 aliphatic heterocycles. The lowest BCUT2D eigenvalue weighted by Crippen LogP contribution is -2.23. The molecule has 1 heterocycles. The van der Waals surface area contributed by atoms with E-state index in [1.165, 1.54) is 4.90 Å². The summed E-state index contributed by atoms with van der Waals surface area (Å²) in [6, 6.07) is 0. The Morgan fingerprint density at radius 3 is 2.69 bits per heavy atom. The average Bonchev–Trinajstić information content (AvgIpc) is 2.45. The van der Waals surface area contributed by atoms with Crippen LogP contribution in [0.25, 0.3) is 0 Å². The zero-order chi connectivity index (χ0) is 10.0. The van der Waals surface area contributed by atoms with Crippen LogP contribution in [0, 0.1) is 6.92 Å². The summed E-state index contributed by atoms with van der Waals surface area (Å²) in [5.41, 5.74) is 6.45. The molecule has 0 saturated heterocycles. The van der Waals surface area contributed by atoms with E-state index in [2.05, 4.69) is 5.16 Å². The summed E-state index contributed by atoms with van der Waals surface area (Å²) >= 11 is 0. The number of aromatic nitrogens is 1. The molecule has 1 rings (SSSR count). The maximum absolute atomic E-state index is 11.5. The number of aryl methyl sites for hydroxylation is 1. The van der Waals surface area contributed by atoms with E-state index < -0.39 is 0 Å². The second-order valence-corrected chi connectivity index (χ2v) is 2.97. The van der Waals surface area contributed by atoms with Crippen LogP contribution in [0.5, 0.6) is 0 Å². The van der Waals surface area contributed by atoms with E-state index in [0.29, 0.717) is 17.0 Å². The molecule has 0 aliphatic rings. The average molecular weight is 183 g/mol. The molecule has 0 atom stereocenters. The van der Waals surface area contributed by atoms with Crippen molar-refractivity contribution in [3.63, 3.8) is 0 Å². The summed E-state index contributed by atoms with van der Waals surface area (Å²) in [5.74, 6) is 0.421. The van der Waals surface area contributed by atoms with Gasteiger partial charge in [0.25, 0.3) is 5.91 Å². The third-order valence-corrected chi connectivity index (χ3v) is 1.80. The topological polar surface area (TPSA) is 72.4 Å². The van der Waals surface area contributed by atoms with Crippen molar-refractivity contribution in [1.82, 2.24) is 10.1 Å². The van der Waals surface area contributed by atoms with Crippen molar-refractivity contribution in [2.75, 3.05) is 14.1 Å². The van der Waals surface area contributed by atoms with Crippen LogP contribution < -0.4 is 5.73 Å². The first-order chi connectivity index (χ1) is 6.07. The van der Waals surface area contributed by atoms with Gasteiger partial charge in [-0.15, -0.1) is 0 Å². The van der Waals surface area contributed by atoms with E-state index in [-0.39, 0.29) is 12.5 Å². The van der Waals surface area contributed by atoms with Gasteiger partial charge in [0.05, 0.1) is 0 Å². The van der Waals surface area contributed by atoms with Crippen molar-refractivity contribution in [3.05, 3.63) is 17.0 Å². The number of carbonyl (C=O) groups is 1. The molecule has 0 aromatic carbocycles. The molecular weight excluding hydrogens is 170 g/mol. The highest BCUT2D eigenvalue weighted by Gasteiger charge is 2.19. The highest BCUT2D eigenvalue weighted by Crippen LogP contribution is 2.13. The van der Waals surface area contributed by atoms with Crippen molar-refractivity contribution in [3.8, 4) is 0 Å². The number of hydrogen-bond acceptors (Lipinski definition) is 4. The van der Waals surface area contributed by atoms with Gasteiger partial charge in [0, 0.05) is 26.2 Å². The molecule has 0 bridgehead atoms. The van der Waals surface area contributed by atoms with Gasteiger partial charge >= 0.3 is 0 Å². The number of rotatable bonds is 2. The predicted octanol–water partition coefficient (Wildman–Crippen LogP) is 0.144. The van der Waals surface area contributed by atoms with Crippen molar-refractivity contribution in [2.24, 2.45) is 5.73 Å². The van der Waals surface area contributed by atoms with Crippen LogP contribution in [0.1, 0.15) is 21.8 Å². The smallest absolute Gasteiger partial charge is 0.275 e. The molecule has 0 saturated carbocycles. The largest absolute Gasteiger partial charge is 0.361 e. The van der Waals surface area contributed by atoms with Gasteiger partial charge in [-0.3, -0.25) is 4.79 Å². The monoisotopic (exact) mass is 183 g/mol. The van der Waals surface area contributed by atoms with Crippen LogP contribution in [0.15, 0.2) is 4.52 Å². The van der Waals surface area contributed by atoms with E-state index in [0.717, 1.165) is 0 Å². The molecule has 0 radical (unpaired) electrons. The van der Waals surface area contributed by atoms with E-state index in [1.54, 1.807) is 21.0 Å². The first kappa shape index (κ1) is 9.73. The van der Waals surface area contributed by atoms with Gasteiger partial charge in [-0.1, -0.05) is 5.16 Å². The van der Waals surface area contributed by atoms with Gasteiger partial charge in [-0.05, 0) is 6.92 Å². The Hall–Kier alpha value is -1.36. The lowest BCUT2D eigenvalue weighted by atomic mass is 10.2. The molecule has 1 amide bonds. The summed E-state index contributed by atoms with van der Waals surface area (Å²) in [6.45, 7) is 2.01. The predicted molar refractivity (Wildman–Crippen MR) is 47.1 cm³/mol. The molecular formula is C8H13N3O2. The number of hydrogen-bond donors (Lipinski definition) is 1. The van der Waals surface area contributed by atoms with Crippen LogP contribution in [0.3, 0.4) is 0 Å². The fourth-order valence-corrected chi connectivity index (χ4v) is 1.01. The second-order valence-electron chi connectivity index (χ2n) is 2.97. The highest BCUT2D eigenvalue weighted by atomic mass is 16.5. The molecule has 0 unspecified atom stereocenters. The summed E-state index contributed by atoms with van der Waals surface area (Å²) in [7, 11) is 3.32. The van der Waals surface area contributed by atoms with E-state index in [9.17, 15) is 4.79 Å². The van der Waals surface area contributed by atoms with Crippen LogP contribution in [-0.2, 0) is 6.54 Å². The molecule has 13 heavy (non-hydrogen) atoms. The Bertz CT molecular complexity index is 317. The van der Waals surface area contributed by atoms with E-state index in [1.807, 2.05) is 0 Å². The van der Waals surface area contributed by atoms with Crippen molar-refractivity contribution in [1.29, 1.82) is 0 Å². The quantitative estimate of drug-likeness (QED) is 0.708. The molecule has 1 aromatic rings. The van der Waals surface area contributed by atoms with Gasteiger partial charge in [-0.2, -0.15) is 0 Å². The molecule has 0 aliphatic carbocycles. The summed E-state index contributed by atoms with van der Waals surface area (Å²) < 4.78 is 4.88. The Morgan fingerprint density at radius 1 is 1.62 bits per heavy atom. The minimum absolute atomic E-state index is 0.183. The number of nitrogens with two attached hydrogens (primary N) is 1. The minimum Gasteiger partial charge on any atom is -0.361 e. The fraction of sp³-hybridized carbons (Fsp3) is 0.500. The zero-order valence-corrected chi connectivity index (χ0v) is 8.00. The first-order valence-corrected chi connectivity index (χ1v) is 3.94. The lowest BCUT2D eigenvalue weighted by Gasteiger charge is -2.07. The SMILES string of the molecule is Cc1onc(C(=O)N(C)C)c1CN. The van der Waals surface area contributed by atoms with Crippen molar-refractivity contribution < 1.29 is 9.32 Å². The van der Waals surface area contributed by atoms with Gasteiger partial charge in [-0.25, -0.2) is 0 Å². The number of nitrogens with zero attached hydrogens (tertiary/aromatic N) is 2. The van der Waals surface area contributed by atoms with Crippen LogP contribution >= 0.6 is 0 Å². The molecule has 5 heteroatoms. The fourth-order valence-electron chi connectivity index (χ4n) is 1.01. The molecule has 0 fully saturated rings. The van der Waals surface area contributed by atoms with Crippen molar-refractivity contribution >= 4 is 5.91 Å². The van der Waals surface area contributed by atoms with E-state index in [4.69, 9.17) is 10.3 Å². The maximum atomic E-state index is 11.5. The standard InChI is InChI=1S/C8H13N3O2/c1-5-6(4-9)7(10-13-5)8(12)11(2)3/h4,9H2,1-3H3. The molecule has 0 spiro atoms. The Morgan fingerprint density at radius 2 is 2.23 bits per heavy atom. The third kappa shape index (κ3) is 1.70. The minimum atomic E-state index is -0.183. The Balaban J connectivity index is 3.07. The summed E-state index contributed by atoms with van der Waals surface area (Å²) in [6.07, 6.45) is 0. The van der Waals surface area contributed by atoms with Gasteiger partial charge in [0.1, 0.15) is 5.76 Å². The van der Waals surface area contributed by atoms with E-state index >= 15 is 0 Å². The Kier molecular flexibility index (Phi) is 2.67. The van der Waals surface area contributed by atoms with Gasteiger partial charge in [0.2, 0.25) is 0 Å². The number of amides is 1. The molecule has 72 valence electrons. The normalized spacial score (nSPS) is 10.2. The van der Waals surface area contributed by atoms with Crippen LogP contribution in [0.2, 0.25) is 0 Å². The highest BCUT2D eigenvalue weighted by molar-refractivity contribution is 5.93. The third-order valence-electron chi connectivity index (χ3n) is 1.80. The molecule has 2 N–H and O–H groups in total. The maximum Gasteiger partial charge on any atom is 0.275 e. The second kappa shape index (κ2) is 3.57. The summed E-state index contributed by atoms with van der Waals surface area (Å²) in [4.78, 5) is 12.9. The zero-order valence-electron chi connectivity index (χ0n) is 8.00. The van der Waals surface area contributed by atoms with Crippen LogP contribution in [-0.4, -0.2) is 30.1 Å². The molecule has 1 aromatic heterocycles. The van der Waals surface area contributed by atoms with Gasteiger partial charge < -0.3 is 15.2 Å². The van der Waals surface area contributed by atoms with Crippen molar-refractivity contribution in [2.45, 2.75) is 13.5 Å². The Labute approximate surface area is 76.5 Å². The summed E-state index contributed by atoms with van der Waals surface area (Å²) in [5, 5.41) is 3.66. The number of carbonyl (C=O) groups excluding carboxylic acids is 1. The van der Waals surface area contributed by atoms with Crippen LogP contribution in [0.4, 0.5) is 0 Å². The molecule has 5 nitrogen and oxygen atoms in total.